The number of thioether (sulfide) groups is 1. The first-order chi connectivity index (χ1) is 9.72. The molecular weight excluding hydrogens is 290 g/mol. The molecule has 0 amide bonds. The van der Waals surface area contributed by atoms with Crippen molar-refractivity contribution in [3.63, 3.8) is 0 Å². The molecule has 0 bridgehead atoms. The standard InChI is InChI=1S/C14H11N3OS2/c1-9-16-17-14(19-9)20-13(18)12-8-7-11(15-12)10-5-3-2-4-6-10/h2-8,15H,1H3. The summed E-state index contributed by atoms with van der Waals surface area (Å²) in [4.78, 5) is 15.3. The van der Waals surface area contributed by atoms with E-state index in [4.69, 9.17) is 0 Å². The second kappa shape index (κ2) is 5.60. The smallest absolute Gasteiger partial charge is 0.242 e. The molecule has 0 atom stereocenters. The Morgan fingerprint density at radius 2 is 1.95 bits per heavy atom. The summed E-state index contributed by atoms with van der Waals surface area (Å²) in [6.45, 7) is 1.87. The second-order valence-corrected chi connectivity index (χ2v) is 6.53. The number of aromatic amines is 1. The molecule has 0 aliphatic carbocycles. The van der Waals surface area contributed by atoms with Crippen LogP contribution >= 0.6 is 23.1 Å². The van der Waals surface area contributed by atoms with Crippen LogP contribution in [-0.2, 0) is 0 Å². The highest BCUT2D eigenvalue weighted by Gasteiger charge is 2.13. The zero-order chi connectivity index (χ0) is 13.9. The van der Waals surface area contributed by atoms with Gasteiger partial charge in [-0.2, -0.15) is 0 Å². The minimum atomic E-state index is -0.0525. The Hall–Kier alpha value is -1.92. The quantitative estimate of drug-likeness (QED) is 0.748. The maximum Gasteiger partial charge on any atom is 0.242 e. The Bertz CT molecular complexity index is 734. The maximum absolute atomic E-state index is 12.1. The predicted octanol–water partition coefficient (Wildman–Crippen LogP) is 3.77. The average molecular weight is 301 g/mol. The van der Waals surface area contributed by atoms with Crippen molar-refractivity contribution in [1.29, 1.82) is 0 Å². The molecule has 0 aliphatic heterocycles. The van der Waals surface area contributed by atoms with Gasteiger partial charge >= 0.3 is 0 Å². The van der Waals surface area contributed by atoms with E-state index in [0.717, 1.165) is 28.0 Å². The molecule has 2 aromatic heterocycles. The molecule has 0 saturated heterocycles. The minimum absolute atomic E-state index is 0.0525. The Balaban J connectivity index is 1.78. The molecule has 4 nitrogen and oxygen atoms in total. The van der Waals surface area contributed by atoms with Gasteiger partial charge in [0.05, 0.1) is 5.69 Å². The van der Waals surface area contributed by atoms with Crippen molar-refractivity contribution in [2.24, 2.45) is 0 Å². The van der Waals surface area contributed by atoms with Gasteiger partial charge in [-0.3, -0.25) is 4.79 Å². The number of rotatable bonds is 3. The van der Waals surface area contributed by atoms with Gasteiger partial charge in [-0.05, 0) is 36.4 Å². The summed E-state index contributed by atoms with van der Waals surface area (Å²) >= 11 is 2.52. The second-order valence-electron chi connectivity index (χ2n) is 4.13. The molecule has 3 rings (SSSR count). The number of carbonyl (C=O) groups is 1. The van der Waals surface area contributed by atoms with Crippen molar-refractivity contribution >= 4 is 28.2 Å². The van der Waals surface area contributed by atoms with Crippen molar-refractivity contribution in [2.75, 3.05) is 0 Å². The highest BCUT2D eigenvalue weighted by molar-refractivity contribution is 8.15. The van der Waals surface area contributed by atoms with E-state index >= 15 is 0 Å². The van der Waals surface area contributed by atoms with Crippen LogP contribution in [0.3, 0.4) is 0 Å². The lowest BCUT2D eigenvalue weighted by atomic mass is 10.2. The lowest BCUT2D eigenvalue weighted by molar-refractivity contribution is 0.108. The van der Waals surface area contributed by atoms with E-state index in [-0.39, 0.29) is 5.12 Å². The molecule has 1 aromatic carbocycles. The Labute approximate surface area is 124 Å². The van der Waals surface area contributed by atoms with Crippen LogP contribution < -0.4 is 0 Å². The largest absolute Gasteiger partial charge is 0.351 e. The molecule has 20 heavy (non-hydrogen) atoms. The lowest BCUT2D eigenvalue weighted by Crippen LogP contribution is -1.93. The van der Waals surface area contributed by atoms with E-state index in [0.29, 0.717) is 10.0 Å². The number of aromatic nitrogens is 3. The first-order valence-electron chi connectivity index (χ1n) is 5.99. The lowest BCUT2D eigenvalue weighted by Gasteiger charge is -1.97. The number of hydrogen-bond acceptors (Lipinski definition) is 5. The third kappa shape index (κ3) is 2.81. The van der Waals surface area contributed by atoms with E-state index < -0.39 is 0 Å². The highest BCUT2D eigenvalue weighted by Crippen LogP contribution is 2.26. The molecule has 6 heteroatoms. The first-order valence-corrected chi connectivity index (χ1v) is 7.62. The van der Waals surface area contributed by atoms with Crippen LogP contribution in [0.1, 0.15) is 15.5 Å². The van der Waals surface area contributed by atoms with Gasteiger partial charge < -0.3 is 4.98 Å². The molecule has 0 spiro atoms. The maximum atomic E-state index is 12.1. The number of benzene rings is 1. The Morgan fingerprint density at radius 1 is 1.15 bits per heavy atom. The Kier molecular flexibility index (Phi) is 3.66. The van der Waals surface area contributed by atoms with Gasteiger partial charge in [0.1, 0.15) is 5.01 Å². The normalized spacial score (nSPS) is 10.7. The van der Waals surface area contributed by atoms with Crippen molar-refractivity contribution in [1.82, 2.24) is 15.2 Å². The van der Waals surface area contributed by atoms with Gasteiger partial charge in [0, 0.05) is 5.69 Å². The minimum Gasteiger partial charge on any atom is -0.351 e. The molecule has 0 saturated carbocycles. The molecule has 100 valence electrons. The van der Waals surface area contributed by atoms with E-state index in [2.05, 4.69) is 15.2 Å². The fourth-order valence-electron chi connectivity index (χ4n) is 1.75. The number of hydrogen-bond donors (Lipinski definition) is 1. The molecular formula is C14H11N3OS2. The fourth-order valence-corrected chi connectivity index (χ4v) is 3.40. The third-order valence-corrected chi connectivity index (χ3v) is 4.47. The number of nitrogens with zero attached hydrogens (tertiary/aromatic N) is 2. The molecule has 0 unspecified atom stereocenters. The monoisotopic (exact) mass is 301 g/mol. The van der Waals surface area contributed by atoms with E-state index in [9.17, 15) is 4.79 Å². The van der Waals surface area contributed by atoms with Crippen molar-refractivity contribution in [3.8, 4) is 11.3 Å². The topological polar surface area (TPSA) is 58.6 Å². The number of nitrogens with one attached hydrogen (secondary N) is 1. The SMILES string of the molecule is Cc1nnc(SC(=O)c2ccc(-c3ccccc3)[nH]2)s1. The summed E-state index contributed by atoms with van der Waals surface area (Å²) in [6.07, 6.45) is 0. The van der Waals surface area contributed by atoms with E-state index in [1.54, 1.807) is 6.07 Å². The first kappa shape index (κ1) is 13.1. The highest BCUT2D eigenvalue weighted by atomic mass is 32.2. The fraction of sp³-hybridized carbons (Fsp3) is 0.0714. The van der Waals surface area contributed by atoms with Crippen LogP contribution in [0.15, 0.2) is 46.8 Å². The predicted molar refractivity (Wildman–Crippen MR) is 81.1 cm³/mol. The van der Waals surface area contributed by atoms with Crippen LogP contribution in [0.4, 0.5) is 0 Å². The summed E-state index contributed by atoms with van der Waals surface area (Å²) in [5.74, 6) is 0. The molecule has 3 aromatic rings. The zero-order valence-corrected chi connectivity index (χ0v) is 12.3. The summed E-state index contributed by atoms with van der Waals surface area (Å²) < 4.78 is 0.670. The number of aryl methyl sites for hydroxylation is 1. The molecule has 0 radical (unpaired) electrons. The summed E-state index contributed by atoms with van der Waals surface area (Å²) in [5.41, 5.74) is 2.56. The van der Waals surface area contributed by atoms with Gasteiger partial charge in [0.2, 0.25) is 5.12 Å². The molecule has 2 heterocycles. The van der Waals surface area contributed by atoms with Crippen molar-refractivity contribution in [3.05, 3.63) is 53.2 Å². The van der Waals surface area contributed by atoms with Crippen LogP contribution in [0, 0.1) is 6.92 Å². The zero-order valence-electron chi connectivity index (χ0n) is 10.7. The van der Waals surface area contributed by atoms with Gasteiger partial charge in [-0.1, -0.05) is 41.7 Å². The average Bonchev–Trinajstić information content (AvgIpc) is 3.09. The molecule has 0 aliphatic rings. The van der Waals surface area contributed by atoms with Crippen LogP contribution in [0.2, 0.25) is 0 Å². The van der Waals surface area contributed by atoms with E-state index in [1.807, 2.05) is 43.3 Å². The van der Waals surface area contributed by atoms with Crippen molar-refractivity contribution < 1.29 is 4.79 Å². The summed E-state index contributed by atoms with van der Waals surface area (Å²) in [5, 5.41) is 8.65. The van der Waals surface area contributed by atoms with Crippen molar-refractivity contribution in [2.45, 2.75) is 11.3 Å². The van der Waals surface area contributed by atoms with Gasteiger partial charge in [-0.15, -0.1) is 10.2 Å². The number of carbonyl (C=O) groups excluding carboxylic acids is 1. The van der Waals surface area contributed by atoms with Crippen LogP contribution in [0.5, 0.6) is 0 Å². The van der Waals surface area contributed by atoms with Gasteiger partial charge in [0.25, 0.3) is 0 Å². The van der Waals surface area contributed by atoms with Gasteiger partial charge in [-0.25, -0.2) is 0 Å². The van der Waals surface area contributed by atoms with Crippen LogP contribution in [-0.4, -0.2) is 20.3 Å². The summed E-state index contributed by atoms with van der Waals surface area (Å²) in [6, 6.07) is 13.6. The molecule has 0 fully saturated rings. The Morgan fingerprint density at radius 3 is 2.65 bits per heavy atom. The van der Waals surface area contributed by atoms with Crippen LogP contribution in [0.25, 0.3) is 11.3 Å². The number of H-pyrrole nitrogens is 1. The third-order valence-electron chi connectivity index (χ3n) is 2.68. The molecule has 1 N–H and O–H groups in total. The van der Waals surface area contributed by atoms with E-state index in [1.165, 1.54) is 11.3 Å². The van der Waals surface area contributed by atoms with Gasteiger partial charge in [0.15, 0.2) is 4.34 Å². The summed E-state index contributed by atoms with van der Waals surface area (Å²) in [7, 11) is 0.